The molecule has 0 radical (unpaired) electrons. The van der Waals surface area contributed by atoms with Gasteiger partial charge in [-0.2, -0.15) is 0 Å². The molecular weight excluding hydrogens is 338 g/mol. The zero-order chi connectivity index (χ0) is 18.1. The minimum absolute atomic E-state index is 0.159. The summed E-state index contributed by atoms with van der Waals surface area (Å²) in [4.78, 5) is 21.3. The maximum atomic E-state index is 13.6. The van der Waals surface area contributed by atoms with Crippen molar-refractivity contribution in [2.24, 2.45) is 0 Å². The normalized spacial score (nSPS) is 10.8. The number of aromatic nitrogens is 3. The van der Waals surface area contributed by atoms with E-state index in [1.165, 1.54) is 28.8 Å². The second-order valence-corrected chi connectivity index (χ2v) is 5.56. The Morgan fingerprint density at radius 3 is 2.42 bits per heavy atom. The Balaban J connectivity index is 1.96. The van der Waals surface area contributed by atoms with E-state index in [0.717, 1.165) is 12.3 Å². The van der Waals surface area contributed by atoms with Gasteiger partial charge in [-0.05, 0) is 42.5 Å². The average Bonchev–Trinajstić information content (AvgIpc) is 2.65. The minimum Gasteiger partial charge on any atom is -0.310 e. The van der Waals surface area contributed by atoms with E-state index in [1.807, 2.05) is 6.07 Å². The van der Waals surface area contributed by atoms with Crippen LogP contribution in [-0.2, 0) is 0 Å². The van der Waals surface area contributed by atoms with E-state index in [0.29, 0.717) is 17.0 Å². The molecule has 4 rings (SSSR count). The zero-order valence-electron chi connectivity index (χ0n) is 13.4. The highest BCUT2D eigenvalue weighted by Crippen LogP contribution is 2.19. The quantitative estimate of drug-likeness (QED) is 0.610. The molecule has 1 N–H and O–H groups in total. The summed E-state index contributed by atoms with van der Waals surface area (Å²) in [6.07, 6.45) is 1.06. The maximum Gasteiger partial charge on any atom is 0.267 e. The molecule has 2 heterocycles. The number of fused-ring (bicyclic) bond motifs is 1. The lowest BCUT2D eigenvalue weighted by Crippen LogP contribution is -2.23. The van der Waals surface area contributed by atoms with Gasteiger partial charge in [0.25, 0.3) is 5.56 Å². The largest absolute Gasteiger partial charge is 0.310 e. The molecule has 0 fully saturated rings. The lowest BCUT2D eigenvalue weighted by atomic mass is 10.2. The first-order valence-electron chi connectivity index (χ1n) is 7.78. The predicted octanol–water partition coefficient (Wildman–Crippen LogP) is 3.80. The fourth-order valence-electron chi connectivity index (χ4n) is 2.62. The third kappa shape index (κ3) is 2.90. The molecule has 7 heteroatoms. The standard InChI is InChI=1S/C19H12F2N4O/c20-12-6-8-16-15(10-12)18(26)25(14-4-2-1-3-5-14)19(23-16)24-17-9-7-13(21)11-22-17/h1-11H,(H,22,23,24). The summed E-state index contributed by atoms with van der Waals surface area (Å²) in [5, 5.41) is 3.08. The molecule has 4 aromatic rings. The van der Waals surface area contributed by atoms with Gasteiger partial charge in [0.05, 0.1) is 22.8 Å². The molecule has 128 valence electrons. The lowest BCUT2D eigenvalue weighted by molar-refractivity contribution is 0.622. The van der Waals surface area contributed by atoms with Crippen molar-refractivity contribution >= 4 is 22.7 Å². The van der Waals surface area contributed by atoms with E-state index in [2.05, 4.69) is 15.3 Å². The molecule has 0 aliphatic rings. The SMILES string of the molecule is O=c1c2cc(F)ccc2nc(Nc2ccc(F)cn2)n1-c1ccccc1. The molecule has 26 heavy (non-hydrogen) atoms. The smallest absolute Gasteiger partial charge is 0.267 e. The molecule has 5 nitrogen and oxygen atoms in total. The van der Waals surface area contributed by atoms with E-state index in [4.69, 9.17) is 0 Å². The van der Waals surface area contributed by atoms with Crippen LogP contribution in [0.1, 0.15) is 0 Å². The van der Waals surface area contributed by atoms with E-state index in [1.54, 1.807) is 24.3 Å². The van der Waals surface area contributed by atoms with Crippen LogP contribution < -0.4 is 10.9 Å². The number of hydrogen-bond acceptors (Lipinski definition) is 4. The summed E-state index contributed by atoms with van der Waals surface area (Å²) in [6.45, 7) is 0. The van der Waals surface area contributed by atoms with Crippen LogP contribution in [-0.4, -0.2) is 14.5 Å². The highest BCUT2D eigenvalue weighted by molar-refractivity contribution is 5.80. The zero-order valence-corrected chi connectivity index (χ0v) is 13.4. The number of pyridine rings is 1. The number of para-hydroxylation sites is 1. The molecule has 0 aliphatic heterocycles. The molecule has 0 saturated heterocycles. The van der Waals surface area contributed by atoms with Crippen LogP contribution in [0.2, 0.25) is 0 Å². The van der Waals surface area contributed by atoms with Gasteiger partial charge in [-0.15, -0.1) is 0 Å². The Hall–Kier alpha value is -3.61. The van der Waals surface area contributed by atoms with E-state index in [-0.39, 0.29) is 11.3 Å². The van der Waals surface area contributed by atoms with Crippen molar-refractivity contribution in [1.82, 2.24) is 14.5 Å². The van der Waals surface area contributed by atoms with Crippen molar-refractivity contribution in [2.75, 3.05) is 5.32 Å². The molecule has 0 spiro atoms. The number of nitrogens with one attached hydrogen (secondary N) is 1. The minimum atomic E-state index is -0.517. The van der Waals surface area contributed by atoms with E-state index < -0.39 is 17.2 Å². The molecule has 2 aromatic carbocycles. The Labute approximate surface area is 146 Å². The highest BCUT2D eigenvalue weighted by atomic mass is 19.1. The van der Waals surface area contributed by atoms with Crippen molar-refractivity contribution in [1.29, 1.82) is 0 Å². The van der Waals surface area contributed by atoms with Crippen molar-refractivity contribution in [3.8, 4) is 5.69 Å². The Morgan fingerprint density at radius 1 is 0.923 bits per heavy atom. The molecule has 0 saturated carbocycles. The molecule has 0 amide bonds. The lowest BCUT2D eigenvalue weighted by Gasteiger charge is -2.14. The average molecular weight is 350 g/mol. The third-order valence-electron chi connectivity index (χ3n) is 3.81. The Bertz CT molecular complexity index is 1140. The van der Waals surface area contributed by atoms with Crippen molar-refractivity contribution in [3.05, 3.63) is 88.8 Å². The van der Waals surface area contributed by atoms with Gasteiger partial charge in [0, 0.05) is 0 Å². The summed E-state index contributed by atoms with van der Waals surface area (Å²) in [7, 11) is 0. The van der Waals surface area contributed by atoms with Crippen molar-refractivity contribution < 1.29 is 8.78 Å². The molecule has 0 atom stereocenters. The Morgan fingerprint density at radius 2 is 1.69 bits per heavy atom. The van der Waals surface area contributed by atoms with Crippen LogP contribution in [0.4, 0.5) is 20.5 Å². The first kappa shape index (κ1) is 15.9. The molecule has 0 bridgehead atoms. The number of nitrogens with zero attached hydrogens (tertiary/aromatic N) is 3. The van der Waals surface area contributed by atoms with Gasteiger partial charge in [0.1, 0.15) is 17.5 Å². The molecular formula is C19H12F2N4O. The van der Waals surface area contributed by atoms with Crippen LogP contribution in [0, 0.1) is 11.6 Å². The van der Waals surface area contributed by atoms with Gasteiger partial charge < -0.3 is 5.32 Å². The number of hydrogen-bond donors (Lipinski definition) is 1. The van der Waals surface area contributed by atoms with Crippen molar-refractivity contribution in [3.63, 3.8) is 0 Å². The number of rotatable bonds is 3. The van der Waals surface area contributed by atoms with Gasteiger partial charge >= 0.3 is 0 Å². The first-order valence-corrected chi connectivity index (χ1v) is 7.78. The molecule has 0 aliphatic carbocycles. The fourth-order valence-corrected chi connectivity index (χ4v) is 2.62. The highest BCUT2D eigenvalue weighted by Gasteiger charge is 2.14. The molecule has 0 unspecified atom stereocenters. The fraction of sp³-hybridized carbons (Fsp3) is 0. The number of anilines is 2. The van der Waals surface area contributed by atoms with Crippen LogP contribution in [0.5, 0.6) is 0 Å². The van der Waals surface area contributed by atoms with Gasteiger partial charge in [-0.3, -0.25) is 4.79 Å². The van der Waals surface area contributed by atoms with Gasteiger partial charge in [0.2, 0.25) is 5.95 Å². The van der Waals surface area contributed by atoms with E-state index >= 15 is 0 Å². The molecule has 2 aromatic heterocycles. The van der Waals surface area contributed by atoms with E-state index in [9.17, 15) is 13.6 Å². The van der Waals surface area contributed by atoms with Crippen LogP contribution >= 0.6 is 0 Å². The second kappa shape index (κ2) is 6.36. The van der Waals surface area contributed by atoms with Gasteiger partial charge in [-0.25, -0.2) is 23.3 Å². The first-order chi connectivity index (χ1) is 12.6. The summed E-state index contributed by atoms with van der Waals surface area (Å²) in [5.74, 6) is -0.473. The van der Waals surface area contributed by atoms with Gasteiger partial charge in [-0.1, -0.05) is 18.2 Å². The predicted molar refractivity (Wildman–Crippen MR) is 94.8 cm³/mol. The van der Waals surface area contributed by atoms with Crippen LogP contribution in [0.3, 0.4) is 0 Å². The monoisotopic (exact) mass is 350 g/mol. The summed E-state index contributed by atoms with van der Waals surface area (Å²) < 4.78 is 28.0. The number of benzene rings is 2. The summed E-state index contributed by atoms with van der Waals surface area (Å²) in [6, 6.07) is 15.3. The summed E-state index contributed by atoms with van der Waals surface area (Å²) >= 11 is 0. The second-order valence-electron chi connectivity index (χ2n) is 5.56. The Kier molecular flexibility index (Phi) is 3.89. The topological polar surface area (TPSA) is 59.8 Å². The van der Waals surface area contributed by atoms with Gasteiger partial charge in [0.15, 0.2) is 0 Å². The third-order valence-corrected chi connectivity index (χ3v) is 3.81. The number of halogens is 2. The van der Waals surface area contributed by atoms with Crippen LogP contribution in [0.25, 0.3) is 16.6 Å². The van der Waals surface area contributed by atoms with Crippen LogP contribution in [0.15, 0.2) is 71.7 Å². The van der Waals surface area contributed by atoms with Crippen molar-refractivity contribution in [2.45, 2.75) is 0 Å². The maximum absolute atomic E-state index is 13.6. The summed E-state index contributed by atoms with van der Waals surface area (Å²) in [5.41, 5.74) is 0.472.